The van der Waals surface area contributed by atoms with Crippen LogP contribution in [-0.2, 0) is 0 Å². The third kappa shape index (κ3) is 1.42. The highest BCUT2D eigenvalue weighted by molar-refractivity contribution is 5.92. The maximum Gasteiger partial charge on any atom is 0.269 e. The third-order valence-electron chi connectivity index (χ3n) is 3.49. The van der Waals surface area contributed by atoms with Gasteiger partial charge in [0.2, 0.25) is 0 Å². The summed E-state index contributed by atoms with van der Waals surface area (Å²) in [5.74, 6) is -0.600. The number of carbonyl (C=O) groups is 1. The smallest absolute Gasteiger partial charge is 0.269 e. The van der Waals surface area contributed by atoms with Gasteiger partial charge in [0.1, 0.15) is 0 Å². The molecule has 0 unspecified atom stereocenters. The lowest BCUT2D eigenvalue weighted by Crippen LogP contribution is -2.24. The van der Waals surface area contributed by atoms with Gasteiger partial charge in [-0.1, -0.05) is 12.1 Å². The molecule has 2 saturated heterocycles. The second-order valence-corrected chi connectivity index (χ2v) is 4.40. The van der Waals surface area contributed by atoms with Crippen molar-refractivity contribution < 1.29 is 4.79 Å². The summed E-state index contributed by atoms with van der Waals surface area (Å²) in [7, 11) is 0. The van der Waals surface area contributed by atoms with Crippen molar-refractivity contribution in [2.75, 3.05) is 26.2 Å². The molecule has 0 aliphatic carbocycles. The van der Waals surface area contributed by atoms with Crippen molar-refractivity contribution in [2.45, 2.75) is 6.17 Å². The Kier molecular flexibility index (Phi) is 2.19. The van der Waals surface area contributed by atoms with Gasteiger partial charge >= 0.3 is 0 Å². The number of benzene rings is 1. The maximum absolute atomic E-state index is 11.0. The van der Waals surface area contributed by atoms with Crippen molar-refractivity contribution in [2.24, 2.45) is 0 Å². The van der Waals surface area contributed by atoms with E-state index < -0.39 is 5.91 Å². The van der Waals surface area contributed by atoms with Crippen molar-refractivity contribution >= 4 is 5.91 Å². The van der Waals surface area contributed by atoms with Gasteiger partial charge in [-0.25, -0.2) is 0 Å². The summed E-state index contributed by atoms with van der Waals surface area (Å²) in [4.78, 5) is 15.9. The maximum atomic E-state index is 11.0. The minimum Gasteiger partial charge on any atom is -0.282 e. The van der Waals surface area contributed by atoms with Gasteiger partial charge in [-0.15, -0.1) is 0 Å². The number of nitrogens with zero attached hydrogens (tertiary/aromatic N) is 2. The Hall–Kier alpha value is -1.39. The fourth-order valence-electron chi connectivity index (χ4n) is 2.72. The Morgan fingerprint density at radius 3 is 2.38 bits per heavy atom. The third-order valence-corrected chi connectivity index (χ3v) is 3.49. The topological polar surface area (TPSA) is 47.4 Å². The zero-order valence-corrected chi connectivity index (χ0v) is 9.02. The van der Waals surface area contributed by atoms with E-state index in [-0.39, 0.29) is 0 Å². The fraction of sp³-hybridized carbons (Fsp3) is 0.417. The standard InChI is InChI=1S/C12H14N3O/c13-11(16)9-2-1-3-10(8-9)12-14-4-5-15(12)7-6-14/h1-3,8,12-13H,4-7H2. The molecule has 0 atom stereocenters. The normalized spacial score (nSPS) is 31.9. The van der Waals surface area contributed by atoms with Crippen LogP contribution >= 0.6 is 0 Å². The van der Waals surface area contributed by atoms with E-state index in [1.807, 2.05) is 18.2 Å². The highest BCUT2D eigenvalue weighted by Gasteiger charge is 2.38. The van der Waals surface area contributed by atoms with E-state index in [0.29, 0.717) is 11.7 Å². The number of rotatable bonds is 2. The van der Waals surface area contributed by atoms with Crippen LogP contribution in [0.5, 0.6) is 0 Å². The van der Waals surface area contributed by atoms with Crippen LogP contribution in [0.3, 0.4) is 0 Å². The molecule has 3 rings (SSSR count). The average molecular weight is 216 g/mol. The van der Waals surface area contributed by atoms with E-state index in [2.05, 4.69) is 9.80 Å². The van der Waals surface area contributed by atoms with Gasteiger partial charge in [-0.2, -0.15) is 0 Å². The van der Waals surface area contributed by atoms with Crippen LogP contribution in [0.25, 0.3) is 0 Å². The van der Waals surface area contributed by atoms with Gasteiger partial charge < -0.3 is 0 Å². The van der Waals surface area contributed by atoms with E-state index in [1.54, 1.807) is 6.07 Å². The van der Waals surface area contributed by atoms with Crippen molar-refractivity contribution in [1.82, 2.24) is 15.5 Å². The molecule has 1 radical (unpaired) electrons. The number of hydrogen-bond acceptors (Lipinski definition) is 3. The first kappa shape index (κ1) is 9.81. The lowest BCUT2D eigenvalue weighted by molar-refractivity contribution is 0.0991. The molecule has 4 nitrogen and oxygen atoms in total. The van der Waals surface area contributed by atoms with E-state index in [0.717, 1.165) is 31.7 Å². The van der Waals surface area contributed by atoms with E-state index in [4.69, 9.17) is 5.73 Å². The van der Waals surface area contributed by atoms with E-state index in [1.165, 1.54) is 0 Å². The van der Waals surface area contributed by atoms with E-state index in [9.17, 15) is 4.79 Å². The lowest BCUT2D eigenvalue weighted by Gasteiger charge is -2.20. The number of hydrogen-bond donors (Lipinski definition) is 0. The monoisotopic (exact) mass is 216 g/mol. The van der Waals surface area contributed by atoms with Gasteiger partial charge in [0.15, 0.2) is 0 Å². The molecular formula is C12H14N3O. The minimum atomic E-state index is -0.600. The number of carbonyl (C=O) groups excluding carboxylic acids is 1. The van der Waals surface area contributed by atoms with Crippen LogP contribution in [0.15, 0.2) is 24.3 Å². The molecule has 4 heteroatoms. The van der Waals surface area contributed by atoms with Crippen molar-refractivity contribution in [3.05, 3.63) is 35.4 Å². The van der Waals surface area contributed by atoms with Gasteiger partial charge in [-0.05, 0) is 17.7 Å². The summed E-state index contributed by atoms with van der Waals surface area (Å²) in [6.07, 6.45) is 0.333. The molecule has 1 N–H and O–H groups in total. The summed E-state index contributed by atoms with van der Waals surface area (Å²) in [6, 6.07) is 7.49. The van der Waals surface area contributed by atoms with Crippen LogP contribution < -0.4 is 5.73 Å². The molecule has 83 valence electrons. The first-order valence-corrected chi connectivity index (χ1v) is 5.60. The summed E-state index contributed by atoms with van der Waals surface area (Å²) >= 11 is 0. The molecule has 2 fully saturated rings. The first-order valence-electron chi connectivity index (χ1n) is 5.60. The van der Waals surface area contributed by atoms with Gasteiger partial charge in [-0.3, -0.25) is 20.3 Å². The zero-order valence-electron chi connectivity index (χ0n) is 9.02. The minimum absolute atomic E-state index is 0.333. The van der Waals surface area contributed by atoms with Gasteiger partial charge in [0.05, 0.1) is 6.17 Å². The second kappa shape index (κ2) is 3.57. The highest BCUT2D eigenvalue weighted by atomic mass is 16.1. The van der Waals surface area contributed by atoms with Crippen LogP contribution in [0.4, 0.5) is 0 Å². The fourth-order valence-corrected chi connectivity index (χ4v) is 2.72. The number of nitrogens with one attached hydrogen (secondary N) is 1. The van der Waals surface area contributed by atoms with Gasteiger partial charge in [0, 0.05) is 31.7 Å². The molecule has 2 bridgehead atoms. The number of fused-ring (bicyclic) bond motifs is 2. The molecule has 0 spiro atoms. The number of amides is 1. The SMILES string of the molecule is [NH]C(=O)c1cccc(C2N3CCN2CC3)c1. The summed E-state index contributed by atoms with van der Waals surface area (Å²) in [5, 5.41) is 0. The summed E-state index contributed by atoms with van der Waals surface area (Å²) in [5.41, 5.74) is 8.77. The second-order valence-electron chi connectivity index (χ2n) is 4.40. The Bertz CT molecular complexity index is 412. The molecule has 1 aromatic carbocycles. The van der Waals surface area contributed by atoms with Crippen molar-refractivity contribution in [1.29, 1.82) is 0 Å². The molecule has 2 aliphatic heterocycles. The predicted molar refractivity (Wildman–Crippen MR) is 59.8 cm³/mol. The molecular weight excluding hydrogens is 202 g/mol. The highest BCUT2D eigenvalue weighted by Crippen LogP contribution is 2.34. The first-order chi connectivity index (χ1) is 7.75. The summed E-state index contributed by atoms with van der Waals surface area (Å²) in [6.45, 7) is 4.46. The van der Waals surface area contributed by atoms with Crippen LogP contribution in [0, 0.1) is 0 Å². The molecule has 1 amide bonds. The van der Waals surface area contributed by atoms with Crippen LogP contribution in [0.1, 0.15) is 22.1 Å². The zero-order chi connectivity index (χ0) is 11.1. The molecule has 1 aromatic rings. The van der Waals surface area contributed by atoms with Gasteiger partial charge in [0.25, 0.3) is 5.91 Å². The molecule has 0 saturated carbocycles. The summed E-state index contributed by atoms with van der Waals surface area (Å²) < 4.78 is 0. The van der Waals surface area contributed by atoms with Crippen molar-refractivity contribution in [3.8, 4) is 0 Å². The Labute approximate surface area is 94.6 Å². The molecule has 16 heavy (non-hydrogen) atoms. The van der Waals surface area contributed by atoms with E-state index >= 15 is 0 Å². The Morgan fingerprint density at radius 1 is 1.19 bits per heavy atom. The van der Waals surface area contributed by atoms with Crippen LogP contribution in [-0.4, -0.2) is 41.9 Å². The predicted octanol–water partition coefficient (Wildman–Crippen LogP) is 0.739. The van der Waals surface area contributed by atoms with Crippen LogP contribution in [0.2, 0.25) is 0 Å². The molecule has 2 heterocycles. The largest absolute Gasteiger partial charge is 0.282 e. The molecule has 2 aliphatic rings. The Morgan fingerprint density at radius 2 is 1.81 bits per heavy atom. The quantitative estimate of drug-likeness (QED) is 0.732. The van der Waals surface area contributed by atoms with Crippen molar-refractivity contribution in [3.63, 3.8) is 0 Å². The Balaban J connectivity index is 1.95. The lowest BCUT2D eigenvalue weighted by atomic mass is 10.1. The molecule has 0 aromatic heterocycles. The average Bonchev–Trinajstić information content (AvgIpc) is 2.88. The number of piperazine rings is 1.